The Bertz CT molecular complexity index is 734. The van der Waals surface area contributed by atoms with E-state index in [0.717, 1.165) is 15.4 Å². The second kappa shape index (κ2) is 5.40. The number of methoxy groups -OCH3 is 1. The van der Waals surface area contributed by atoms with Crippen LogP contribution in [0.25, 0.3) is 10.9 Å². The van der Waals surface area contributed by atoms with Gasteiger partial charge in [0.25, 0.3) is 0 Å². The van der Waals surface area contributed by atoms with E-state index in [2.05, 4.69) is 25.9 Å². The van der Waals surface area contributed by atoms with Crippen LogP contribution in [-0.4, -0.2) is 35.5 Å². The molecular formula is C14H12BrN3O3. The van der Waals surface area contributed by atoms with Crippen LogP contribution in [0.3, 0.4) is 0 Å². The lowest BCUT2D eigenvalue weighted by atomic mass is 10.1. The van der Waals surface area contributed by atoms with Crippen molar-refractivity contribution < 1.29 is 14.3 Å². The van der Waals surface area contributed by atoms with E-state index in [1.165, 1.54) is 18.3 Å². The fraction of sp³-hybridized carbons (Fsp3) is 0.286. The topological polar surface area (TPSA) is 72.4 Å². The van der Waals surface area contributed by atoms with Crippen molar-refractivity contribution in [3.63, 3.8) is 0 Å². The van der Waals surface area contributed by atoms with E-state index in [1.54, 1.807) is 0 Å². The maximum Gasteiger partial charge on any atom is 0.311 e. The van der Waals surface area contributed by atoms with Gasteiger partial charge in [-0.05, 0) is 18.2 Å². The predicted molar refractivity (Wildman–Crippen MR) is 79.7 cm³/mol. The molecule has 1 atom stereocenters. The lowest BCUT2D eigenvalue weighted by Crippen LogP contribution is -2.27. The maximum absolute atomic E-state index is 12.2. The first-order valence-electron chi connectivity index (χ1n) is 6.38. The van der Waals surface area contributed by atoms with Gasteiger partial charge in [-0.25, -0.2) is 9.97 Å². The molecule has 0 bridgehead atoms. The number of benzene rings is 1. The Morgan fingerprint density at radius 3 is 3.00 bits per heavy atom. The Morgan fingerprint density at radius 2 is 2.24 bits per heavy atom. The molecule has 21 heavy (non-hydrogen) atoms. The first-order valence-corrected chi connectivity index (χ1v) is 7.18. The first kappa shape index (κ1) is 13.9. The summed E-state index contributed by atoms with van der Waals surface area (Å²) in [5.41, 5.74) is 0.748. The van der Waals surface area contributed by atoms with E-state index in [0.29, 0.717) is 5.82 Å². The van der Waals surface area contributed by atoms with Crippen molar-refractivity contribution >= 4 is 44.5 Å². The highest BCUT2D eigenvalue weighted by molar-refractivity contribution is 9.10. The molecule has 1 unspecified atom stereocenters. The van der Waals surface area contributed by atoms with Crippen LogP contribution in [0, 0.1) is 5.92 Å². The second-order valence-corrected chi connectivity index (χ2v) is 5.70. The number of aromatic nitrogens is 2. The van der Waals surface area contributed by atoms with Crippen LogP contribution in [0.4, 0.5) is 5.82 Å². The Balaban J connectivity index is 2.03. The lowest BCUT2D eigenvalue weighted by Gasteiger charge is -2.17. The number of fused-ring (bicyclic) bond motifs is 1. The highest BCUT2D eigenvalue weighted by atomic mass is 79.9. The summed E-state index contributed by atoms with van der Waals surface area (Å²) in [5.74, 6) is -0.423. The Hall–Kier alpha value is -2.02. The van der Waals surface area contributed by atoms with Crippen LogP contribution in [0.1, 0.15) is 6.42 Å². The monoisotopic (exact) mass is 349 g/mol. The molecule has 1 fully saturated rings. The second-order valence-electron chi connectivity index (χ2n) is 4.79. The van der Waals surface area contributed by atoms with Gasteiger partial charge >= 0.3 is 5.97 Å². The quantitative estimate of drug-likeness (QED) is 0.774. The van der Waals surface area contributed by atoms with Crippen molar-refractivity contribution in [3.05, 3.63) is 29.0 Å². The molecule has 3 rings (SSSR count). The van der Waals surface area contributed by atoms with Gasteiger partial charge in [-0.1, -0.05) is 15.9 Å². The van der Waals surface area contributed by atoms with Crippen molar-refractivity contribution in [1.29, 1.82) is 0 Å². The number of carbonyl (C=O) groups excluding carboxylic acids is 2. The molecular weight excluding hydrogens is 338 g/mol. The van der Waals surface area contributed by atoms with E-state index in [-0.39, 0.29) is 24.8 Å². The van der Waals surface area contributed by atoms with Gasteiger partial charge in [-0.2, -0.15) is 0 Å². The molecule has 1 aromatic carbocycles. The molecule has 6 nitrogen and oxygen atoms in total. The maximum atomic E-state index is 12.2. The van der Waals surface area contributed by atoms with E-state index in [1.807, 2.05) is 18.2 Å². The van der Waals surface area contributed by atoms with E-state index in [4.69, 9.17) is 4.74 Å². The normalized spacial score (nSPS) is 18.3. The van der Waals surface area contributed by atoms with Crippen LogP contribution in [0.5, 0.6) is 0 Å². The average Bonchev–Trinajstić information content (AvgIpc) is 2.87. The summed E-state index contributed by atoms with van der Waals surface area (Å²) in [4.78, 5) is 33.7. The molecule has 0 saturated carbocycles. The molecule has 0 radical (unpaired) electrons. The molecule has 2 heterocycles. The predicted octanol–water partition coefficient (Wildman–Crippen LogP) is 1.92. The zero-order valence-corrected chi connectivity index (χ0v) is 12.8. The number of hydrogen-bond acceptors (Lipinski definition) is 5. The zero-order valence-electron chi connectivity index (χ0n) is 11.2. The Morgan fingerprint density at radius 1 is 1.43 bits per heavy atom. The number of nitrogens with zero attached hydrogens (tertiary/aromatic N) is 3. The van der Waals surface area contributed by atoms with Gasteiger partial charge in [0.15, 0.2) is 0 Å². The minimum absolute atomic E-state index is 0.134. The van der Waals surface area contributed by atoms with Gasteiger partial charge in [0, 0.05) is 22.8 Å². The smallest absolute Gasteiger partial charge is 0.311 e. The summed E-state index contributed by atoms with van der Waals surface area (Å²) in [6.45, 7) is 0.282. The molecule has 0 aliphatic carbocycles. The number of esters is 1. The van der Waals surface area contributed by atoms with Crippen LogP contribution in [0.2, 0.25) is 0 Å². The third-order valence-electron chi connectivity index (χ3n) is 3.49. The summed E-state index contributed by atoms with van der Waals surface area (Å²) in [6.07, 6.45) is 1.57. The van der Waals surface area contributed by atoms with Gasteiger partial charge in [0.1, 0.15) is 12.1 Å². The molecule has 1 aliphatic heterocycles. The Labute approximate surface area is 129 Å². The van der Waals surface area contributed by atoms with Gasteiger partial charge in [-0.15, -0.1) is 0 Å². The van der Waals surface area contributed by atoms with Gasteiger partial charge < -0.3 is 4.74 Å². The molecule has 1 aliphatic rings. The van der Waals surface area contributed by atoms with Gasteiger partial charge in [0.2, 0.25) is 5.91 Å². The van der Waals surface area contributed by atoms with Gasteiger partial charge in [0.05, 0.1) is 18.5 Å². The number of rotatable bonds is 2. The molecule has 7 heteroatoms. The zero-order chi connectivity index (χ0) is 15.0. The largest absolute Gasteiger partial charge is 0.469 e. The molecule has 0 spiro atoms. The van der Waals surface area contributed by atoms with Crippen LogP contribution < -0.4 is 4.90 Å². The van der Waals surface area contributed by atoms with Crippen molar-refractivity contribution in [2.24, 2.45) is 5.92 Å². The summed E-state index contributed by atoms with van der Waals surface area (Å²) in [5, 5.41) is 0.769. The third-order valence-corrected chi connectivity index (χ3v) is 3.98. The highest BCUT2D eigenvalue weighted by Crippen LogP contribution is 2.30. The number of hydrogen-bond donors (Lipinski definition) is 0. The summed E-state index contributed by atoms with van der Waals surface area (Å²) >= 11 is 3.40. The Kier molecular flexibility index (Phi) is 3.59. The van der Waals surface area contributed by atoms with E-state index in [9.17, 15) is 9.59 Å². The van der Waals surface area contributed by atoms with E-state index >= 15 is 0 Å². The standard InChI is InChI=1S/C14H12BrN3O3/c1-21-14(20)8-4-12(19)18(6-8)13-10-5-9(15)2-3-11(10)16-7-17-13/h2-3,5,7-8H,4,6H2,1H3. The fourth-order valence-corrected chi connectivity index (χ4v) is 2.83. The number of carbonyl (C=O) groups is 2. The lowest BCUT2D eigenvalue weighted by molar-refractivity contribution is -0.145. The SMILES string of the molecule is COC(=O)C1CC(=O)N(c2ncnc3ccc(Br)cc23)C1. The summed E-state index contributed by atoms with van der Waals surface area (Å²) < 4.78 is 5.59. The summed E-state index contributed by atoms with van der Waals surface area (Å²) in [7, 11) is 1.33. The summed E-state index contributed by atoms with van der Waals surface area (Å²) in [6, 6.07) is 5.59. The minimum atomic E-state index is -0.445. The van der Waals surface area contributed by atoms with Gasteiger partial charge in [-0.3, -0.25) is 14.5 Å². The minimum Gasteiger partial charge on any atom is -0.469 e. The number of ether oxygens (including phenoxy) is 1. The molecule has 108 valence electrons. The van der Waals surface area contributed by atoms with Crippen LogP contribution in [0.15, 0.2) is 29.0 Å². The van der Waals surface area contributed by atoms with Crippen molar-refractivity contribution in [3.8, 4) is 0 Å². The molecule has 1 amide bonds. The van der Waals surface area contributed by atoms with E-state index < -0.39 is 5.92 Å². The number of halogens is 1. The number of amides is 1. The van der Waals surface area contributed by atoms with Crippen molar-refractivity contribution in [1.82, 2.24) is 9.97 Å². The van der Waals surface area contributed by atoms with Crippen molar-refractivity contribution in [2.75, 3.05) is 18.6 Å². The third kappa shape index (κ3) is 2.49. The molecule has 1 saturated heterocycles. The van der Waals surface area contributed by atoms with Crippen molar-refractivity contribution in [2.45, 2.75) is 6.42 Å². The molecule has 2 aromatic rings. The highest BCUT2D eigenvalue weighted by Gasteiger charge is 2.37. The van der Waals surface area contributed by atoms with Crippen LogP contribution in [-0.2, 0) is 14.3 Å². The number of anilines is 1. The van der Waals surface area contributed by atoms with Crippen LogP contribution >= 0.6 is 15.9 Å². The average molecular weight is 350 g/mol. The first-order chi connectivity index (χ1) is 10.1. The molecule has 1 aromatic heterocycles. The molecule has 0 N–H and O–H groups in total. The fourth-order valence-electron chi connectivity index (χ4n) is 2.47.